The van der Waals surface area contributed by atoms with Gasteiger partial charge in [0.1, 0.15) is 0 Å². The van der Waals surface area contributed by atoms with Crippen molar-refractivity contribution in [1.82, 2.24) is 4.90 Å². The standard InChI is InChI=1S/C15H23N/c1-5-14-8-15(12(4)11(14)3)7-13-9-16(6-2)10-13/h6,13H,2,5,7-10H2,1,3-4H3. The predicted octanol–water partition coefficient (Wildman–Crippen LogP) is 3.90. The van der Waals surface area contributed by atoms with Crippen LogP contribution in [0.3, 0.4) is 0 Å². The Balaban J connectivity index is 1.92. The third-order valence-electron chi connectivity index (χ3n) is 4.26. The van der Waals surface area contributed by atoms with Gasteiger partial charge in [-0.05, 0) is 56.4 Å². The molecule has 0 atom stereocenters. The summed E-state index contributed by atoms with van der Waals surface area (Å²) < 4.78 is 0. The summed E-state index contributed by atoms with van der Waals surface area (Å²) >= 11 is 0. The van der Waals surface area contributed by atoms with Crippen LogP contribution in [0.4, 0.5) is 0 Å². The molecular formula is C15H23N. The van der Waals surface area contributed by atoms with Gasteiger partial charge in [-0.25, -0.2) is 0 Å². The van der Waals surface area contributed by atoms with Crippen LogP contribution in [0.25, 0.3) is 0 Å². The Kier molecular flexibility index (Phi) is 3.22. The van der Waals surface area contributed by atoms with Gasteiger partial charge in [-0.15, -0.1) is 0 Å². The summed E-state index contributed by atoms with van der Waals surface area (Å²) in [5.74, 6) is 0.868. The van der Waals surface area contributed by atoms with Gasteiger partial charge in [-0.2, -0.15) is 0 Å². The summed E-state index contributed by atoms with van der Waals surface area (Å²) in [5, 5.41) is 0. The van der Waals surface area contributed by atoms with E-state index < -0.39 is 0 Å². The van der Waals surface area contributed by atoms with Gasteiger partial charge in [0.05, 0.1) is 0 Å². The number of nitrogens with zero attached hydrogens (tertiary/aromatic N) is 1. The first-order chi connectivity index (χ1) is 7.65. The molecule has 1 heteroatoms. The first kappa shape index (κ1) is 11.5. The van der Waals surface area contributed by atoms with E-state index in [-0.39, 0.29) is 0 Å². The van der Waals surface area contributed by atoms with Crippen molar-refractivity contribution in [2.45, 2.75) is 40.0 Å². The Morgan fingerprint density at radius 3 is 2.38 bits per heavy atom. The minimum absolute atomic E-state index is 0.868. The fourth-order valence-corrected chi connectivity index (χ4v) is 2.90. The highest BCUT2D eigenvalue weighted by atomic mass is 15.2. The van der Waals surface area contributed by atoms with Gasteiger partial charge in [0, 0.05) is 13.1 Å². The molecule has 0 bridgehead atoms. The van der Waals surface area contributed by atoms with Crippen LogP contribution >= 0.6 is 0 Å². The van der Waals surface area contributed by atoms with Crippen LogP contribution in [0.2, 0.25) is 0 Å². The van der Waals surface area contributed by atoms with Crippen LogP contribution in [0.5, 0.6) is 0 Å². The van der Waals surface area contributed by atoms with Crippen molar-refractivity contribution < 1.29 is 0 Å². The zero-order valence-electron chi connectivity index (χ0n) is 10.8. The van der Waals surface area contributed by atoms with E-state index in [1.165, 1.54) is 32.4 Å². The van der Waals surface area contributed by atoms with Gasteiger partial charge < -0.3 is 4.90 Å². The molecule has 0 aromatic carbocycles. The molecule has 0 saturated carbocycles. The molecule has 1 nitrogen and oxygen atoms in total. The fraction of sp³-hybridized carbons (Fsp3) is 0.600. The van der Waals surface area contributed by atoms with E-state index in [1.54, 1.807) is 22.3 Å². The van der Waals surface area contributed by atoms with Gasteiger partial charge in [-0.3, -0.25) is 0 Å². The Bertz CT molecular complexity index is 354. The monoisotopic (exact) mass is 217 g/mol. The molecule has 0 radical (unpaired) electrons. The van der Waals surface area contributed by atoms with Gasteiger partial charge in [0.25, 0.3) is 0 Å². The maximum absolute atomic E-state index is 3.81. The molecule has 1 aliphatic heterocycles. The van der Waals surface area contributed by atoms with Crippen molar-refractivity contribution in [3.63, 3.8) is 0 Å². The van der Waals surface area contributed by atoms with Crippen LogP contribution in [0.15, 0.2) is 35.1 Å². The molecule has 1 saturated heterocycles. The lowest BCUT2D eigenvalue weighted by molar-refractivity contribution is 0.160. The second-order valence-corrected chi connectivity index (χ2v) is 5.19. The zero-order valence-corrected chi connectivity index (χ0v) is 10.8. The molecule has 0 aromatic rings. The van der Waals surface area contributed by atoms with Crippen molar-refractivity contribution in [1.29, 1.82) is 0 Å². The zero-order chi connectivity index (χ0) is 11.7. The van der Waals surface area contributed by atoms with Crippen LogP contribution in [-0.4, -0.2) is 18.0 Å². The predicted molar refractivity (Wildman–Crippen MR) is 70.2 cm³/mol. The summed E-state index contributed by atoms with van der Waals surface area (Å²) in [6.07, 6.45) is 5.74. The molecular weight excluding hydrogens is 194 g/mol. The average molecular weight is 217 g/mol. The van der Waals surface area contributed by atoms with Crippen molar-refractivity contribution in [2.24, 2.45) is 5.92 Å². The van der Waals surface area contributed by atoms with Gasteiger partial charge in [0.15, 0.2) is 0 Å². The number of likely N-dealkylation sites (tertiary alicyclic amines) is 1. The summed E-state index contributed by atoms with van der Waals surface area (Å²) in [7, 11) is 0. The molecule has 1 aliphatic carbocycles. The quantitative estimate of drug-likeness (QED) is 0.690. The molecule has 88 valence electrons. The molecule has 1 heterocycles. The van der Waals surface area contributed by atoms with Crippen molar-refractivity contribution >= 4 is 0 Å². The molecule has 0 unspecified atom stereocenters. The summed E-state index contributed by atoms with van der Waals surface area (Å²) in [6, 6.07) is 0. The number of hydrogen-bond donors (Lipinski definition) is 0. The number of hydrogen-bond acceptors (Lipinski definition) is 1. The minimum atomic E-state index is 0.868. The molecule has 2 aliphatic rings. The highest BCUT2D eigenvalue weighted by Gasteiger charge is 2.27. The second kappa shape index (κ2) is 4.48. The lowest BCUT2D eigenvalue weighted by Gasteiger charge is -2.39. The fourth-order valence-electron chi connectivity index (χ4n) is 2.90. The Morgan fingerprint density at radius 1 is 1.25 bits per heavy atom. The molecule has 0 amide bonds. The van der Waals surface area contributed by atoms with Crippen LogP contribution in [-0.2, 0) is 0 Å². The molecule has 1 fully saturated rings. The molecule has 2 rings (SSSR count). The van der Waals surface area contributed by atoms with E-state index in [0.29, 0.717) is 0 Å². The number of allylic oxidation sites excluding steroid dienone is 4. The summed E-state index contributed by atoms with van der Waals surface area (Å²) in [6.45, 7) is 13.1. The van der Waals surface area contributed by atoms with Crippen LogP contribution < -0.4 is 0 Å². The Morgan fingerprint density at radius 2 is 1.88 bits per heavy atom. The van der Waals surface area contributed by atoms with Crippen molar-refractivity contribution in [3.8, 4) is 0 Å². The average Bonchev–Trinajstić information content (AvgIpc) is 2.50. The van der Waals surface area contributed by atoms with Crippen molar-refractivity contribution in [2.75, 3.05) is 13.1 Å². The van der Waals surface area contributed by atoms with E-state index in [0.717, 1.165) is 5.92 Å². The van der Waals surface area contributed by atoms with E-state index in [4.69, 9.17) is 0 Å². The SMILES string of the molecule is C=CN1CC(CC2=C(C)C(C)=C(CC)C2)C1. The lowest BCUT2D eigenvalue weighted by atomic mass is 9.90. The highest BCUT2D eigenvalue weighted by Crippen LogP contribution is 2.38. The maximum atomic E-state index is 3.81. The van der Waals surface area contributed by atoms with Gasteiger partial charge >= 0.3 is 0 Å². The third-order valence-corrected chi connectivity index (χ3v) is 4.26. The van der Waals surface area contributed by atoms with E-state index in [9.17, 15) is 0 Å². The van der Waals surface area contributed by atoms with Crippen molar-refractivity contribution in [3.05, 3.63) is 35.1 Å². The van der Waals surface area contributed by atoms with Crippen LogP contribution in [0.1, 0.15) is 40.0 Å². The minimum Gasteiger partial charge on any atom is -0.377 e. The lowest BCUT2D eigenvalue weighted by Crippen LogP contribution is -2.42. The first-order valence-corrected chi connectivity index (χ1v) is 6.39. The highest BCUT2D eigenvalue weighted by molar-refractivity contribution is 5.45. The normalized spacial score (nSPS) is 21.8. The molecule has 0 spiro atoms. The largest absolute Gasteiger partial charge is 0.377 e. The summed E-state index contributed by atoms with van der Waals surface area (Å²) in [4.78, 5) is 2.30. The number of rotatable bonds is 4. The van der Waals surface area contributed by atoms with E-state index >= 15 is 0 Å². The third kappa shape index (κ3) is 1.95. The molecule has 16 heavy (non-hydrogen) atoms. The van der Waals surface area contributed by atoms with E-state index in [2.05, 4.69) is 32.3 Å². The molecule has 0 aromatic heterocycles. The summed E-state index contributed by atoms with van der Waals surface area (Å²) in [5.41, 5.74) is 6.50. The smallest absolute Gasteiger partial charge is 0.0220 e. The van der Waals surface area contributed by atoms with Gasteiger partial charge in [0.2, 0.25) is 0 Å². The van der Waals surface area contributed by atoms with Crippen LogP contribution in [0, 0.1) is 5.92 Å². The Labute approximate surface area is 99.5 Å². The maximum Gasteiger partial charge on any atom is 0.0220 e. The molecule has 0 N–H and O–H groups in total. The van der Waals surface area contributed by atoms with E-state index in [1.807, 2.05) is 6.20 Å². The van der Waals surface area contributed by atoms with Gasteiger partial charge in [-0.1, -0.05) is 24.6 Å². The second-order valence-electron chi connectivity index (χ2n) is 5.19. The first-order valence-electron chi connectivity index (χ1n) is 6.39. The Hall–Kier alpha value is -0.980. The topological polar surface area (TPSA) is 3.24 Å².